The van der Waals surface area contributed by atoms with Crippen molar-refractivity contribution in [2.75, 3.05) is 7.11 Å². The molecule has 0 amide bonds. The maximum absolute atomic E-state index is 12.3. The van der Waals surface area contributed by atoms with Gasteiger partial charge in [-0.15, -0.1) is 0 Å². The monoisotopic (exact) mass is 354 g/mol. The second kappa shape index (κ2) is 8.52. The zero-order valence-electron chi connectivity index (χ0n) is 15.9. The lowest BCUT2D eigenvalue weighted by atomic mass is 10.1. The molecule has 1 aromatic heterocycles. The van der Waals surface area contributed by atoms with Gasteiger partial charge < -0.3 is 14.8 Å². The predicted octanol–water partition coefficient (Wildman–Crippen LogP) is 4.12. The van der Waals surface area contributed by atoms with Gasteiger partial charge in [-0.1, -0.05) is 18.2 Å². The summed E-state index contributed by atoms with van der Waals surface area (Å²) in [6.07, 6.45) is 3.14. The summed E-state index contributed by atoms with van der Waals surface area (Å²) in [6, 6.07) is 13.3. The molecule has 1 heterocycles. The van der Waals surface area contributed by atoms with Crippen LogP contribution in [0.15, 0.2) is 54.7 Å². The molecule has 0 saturated heterocycles. The number of rotatable bonds is 6. The van der Waals surface area contributed by atoms with Crippen LogP contribution in [0, 0.1) is 0 Å². The van der Waals surface area contributed by atoms with Gasteiger partial charge in [0, 0.05) is 18.3 Å². The van der Waals surface area contributed by atoms with Gasteiger partial charge in [-0.25, -0.2) is 4.79 Å². The number of aromatic nitrogens is 1. The first-order valence-electron chi connectivity index (χ1n) is 8.55. The number of benzene rings is 1. The molecule has 0 unspecified atom stereocenters. The Kier molecular flexibility index (Phi) is 6.39. The van der Waals surface area contributed by atoms with Crippen LogP contribution in [0.1, 0.15) is 45.0 Å². The molecule has 1 atom stereocenters. The first kappa shape index (κ1) is 19.5. The summed E-state index contributed by atoms with van der Waals surface area (Å²) in [6.45, 7) is 7.54. The summed E-state index contributed by atoms with van der Waals surface area (Å²) in [5.74, 6) is 0.391. The summed E-state index contributed by atoms with van der Waals surface area (Å²) in [5.41, 5.74) is 1.81. The predicted molar refractivity (Wildman–Crippen MR) is 103 cm³/mol. The highest BCUT2D eigenvalue weighted by atomic mass is 16.6. The Labute approximate surface area is 155 Å². The van der Waals surface area contributed by atoms with Crippen molar-refractivity contribution in [2.24, 2.45) is 0 Å². The third kappa shape index (κ3) is 5.92. The molecule has 0 fully saturated rings. The molecule has 1 aromatic carbocycles. The van der Waals surface area contributed by atoms with Crippen molar-refractivity contribution in [1.29, 1.82) is 0 Å². The third-order valence-corrected chi connectivity index (χ3v) is 3.60. The van der Waals surface area contributed by atoms with Crippen LogP contribution in [0.2, 0.25) is 0 Å². The van der Waals surface area contributed by atoms with Gasteiger partial charge in [-0.3, -0.25) is 4.98 Å². The zero-order chi connectivity index (χ0) is 19.2. The van der Waals surface area contributed by atoms with Crippen molar-refractivity contribution in [3.05, 3.63) is 66.0 Å². The maximum atomic E-state index is 12.3. The summed E-state index contributed by atoms with van der Waals surface area (Å²) < 4.78 is 10.6. The molecule has 0 spiro atoms. The van der Waals surface area contributed by atoms with Gasteiger partial charge in [0.15, 0.2) is 0 Å². The second-order valence-corrected chi connectivity index (χ2v) is 6.95. The van der Waals surface area contributed by atoms with Crippen LogP contribution in [0.4, 0.5) is 0 Å². The summed E-state index contributed by atoms with van der Waals surface area (Å²) >= 11 is 0. The zero-order valence-corrected chi connectivity index (χ0v) is 15.9. The average Bonchev–Trinajstić information content (AvgIpc) is 2.60. The molecule has 0 aliphatic rings. The minimum Gasteiger partial charge on any atom is -0.497 e. The van der Waals surface area contributed by atoms with E-state index in [0.29, 0.717) is 11.4 Å². The fraction of sp³-hybridized carbons (Fsp3) is 0.333. The number of hydrogen-bond acceptors (Lipinski definition) is 5. The van der Waals surface area contributed by atoms with E-state index in [1.165, 1.54) is 6.08 Å². The summed E-state index contributed by atoms with van der Waals surface area (Å²) in [4.78, 5) is 16.6. The molecule has 2 aromatic rings. The van der Waals surface area contributed by atoms with E-state index in [2.05, 4.69) is 10.3 Å². The van der Waals surface area contributed by atoms with Crippen LogP contribution in [0.3, 0.4) is 0 Å². The minimum atomic E-state index is -0.551. The molecule has 5 heteroatoms. The van der Waals surface area contributed by atoms with Crippen LogP contribution in [-0.4, -0.2) is 23.7 Å². The first-order valence-corrected chi connectivity index (χ1v) is 8.55. The number of esters is 1. The highest BCUT2D eigenvalue weighted by Crippen LogP contribution is 2.21. The van der Waals surface area contributed by atoms with E-state index in [9.17, 15) is 4.79 Å². The maximum Gasteiger partial charge on any atom is 0.333 e. The highest BCUT2D eigenvalue weighted by molar-refractivity contribution is 5.90. The number of nitrogens with zero attached hydrogens (tertiary/aromatic N) is 1. The number of hydrogen-bond donors (Lipinski definition) is 1. The normalized spacial score (nSPS) is 13.0. The smallest absolute Gasteiger partial charge is 0.333 e. The van der Waals surface area contributed by atoms with Gasteiger partial charge in [0.2, 0.25) is 0 Å². The lowest BCUT2D eigenvalue weighted by Gasteiger charge is -2.21. The van der Waals surface area contributed by atoms with Gasteiger partial charge in [-0.05, 0) is 57.5 Å². The molecule has 0 bridgehead atoms. The Morgan fingerprint density at radius 2 is 1.85 bits per heavy atom. The highest BCUT2D eigenvalue weighted by Gasteiger charge is 2.17. The Morgan fingerprint density at radius 1 is 1.15 bits per heavy atom. The second-order valence-electron chi connectivity index (χ2n) is 6.95. The fourth-order valence-electron chi connectivity index (χ4n) is 2.37. The van der Waals surface area contributed by atoms with Crippen LogP contribution in [0.25, 0.3) is 5.70 Å². The average molecular weight is 354 g/mol. The van der Waals surface area contributed by atoms with E-state index in [1.807, 2.05) is 70.2 Å². The molecule has 5 nitrogen and oxygen atoms in total. The minimum absolute atomic E-state index is 0.0309. The molecule has 0 aliphatic heterocycles. The SMILES string of the molecule is COc1ccc([C@@H](C)N/C(=C\C(=O)OC(C)(C)C)c2ccccn2)cc1. The van der Waals surface area contributed by atoms with E-state index < -0.39 is 11.6 Å². The number of carbonyl (C=O) groups excluding carboxylic acids is 1. The lowest BCUT2D eigenvalue weighted by Crippen LogP contribution is -2.24. The van der Waals surface area contributed by atoms with Gasteiger partial charge in [0.1, 0.15) is 11.4 Å². The number of methoxy groups -OCH3 is 1. The van der Waals surface area contributed by atoms with E-state index in [1.54, 1.807) is 13.3 Å². The van der Waals surface area contributed by atoms with Gasteiger partial charge in [-0.2, -0.15) is 0 Å². The van der Waals surface area contributed by atoms with E-state index in [-0.39, 0.29) is 6.04 Å². The van der Waals surface area contributed by atoms with Crippen molar-refractivity contribution in [1.82, 2.24) is 10.3 Å². The van der Waals surface area contributed by atoms with Gasteiger partial charge in [0.25, 0.3) is 0 Å². The van der Waals surface area contributed by atoms with Gasteiger partial charge >= 0.3 is 5.97 Å². The molecular formula is C21H26N2O3. The van der Waals surface area contributed by atoms with Crippen molar-refractivity contribution in [3.8, 4) is 5.75 Å². The van der Waals surface area contributed by atoms with E-state index in [0.717, 1.165) is 11.3 Å². The Bertz CT molecular complexity index is 747. The number of nitrogens with one attached hydrogen (secondary N) is 1. The number of ether oxygens (including phenoxy) is 2. The molecule has 0 aliphatic carbocycles. The molecule has 2 rings (SSSR count). The van der Waals surface area contributed by atoms with Crippen molar-refractivity contribution >= 4 is 11.7 Å². The third-order valence-electron chi connectivity index (χ3n) is 3.60. The van der Waals surface area contributed by atoms with Crippen LogP contribution >= 0.6 is 0 Å². The number of pyridine rings is 1. The van der Waals surface area contributed by atoms with Crippen molar-refractivity contribution in [2.45, 2.75) is 39.3 Å². The van der Waals surface area contributed by atoms with Crippen molar-refractivity contribution in [3.63, 3.8) is 0 Å². The lowest BCUT2D eigenvalue weighted by molar-refractivity contribution is -0.148. The fourth-order valence-corrected chi connectivity index (χ4v) is 2.37. The number of carbonyl (C=O) groups is 1. The van der Waals surface area contributed by atoms with E-state index >= 15 is 0 Å². The van der Waals surface area contributed by atoms with Crippen LogP contribution in [0.5, 0.6) is 5.75 Å². The Hall–Kier alpha value is -2.82. The quantitative estimate of drug-likeness (QED) is 0.624. The first-order chi connectivity index (χ1) is 12.3. The molecule has 0 saturated carbocycles. The summed E-state index contributed by atoms with van der Waals surface area (Å²) in [5, 5.41) is 3.36. The van der Waals surface area contributed by atoms with Crippen LogP contribution in [-0.2, 0) is 9.53 Å². The van der Waals surface area contributed by atoms with Gasteiger partial charge in [0.05, 0.1) is 18.5 Å². The summed E-state index contributed by atoms with van der Waals surface area (Å²) in [7, 11) is 1.64. The topological polar surface area (TPSA) is 60.5 Å². The largest absolute Gasteiger partial charge is 0.497 e. The molecular weight excluding hydrogens is 328 g/mol. The Morgan fingerprint density at radius 3 is 2.38 bits per heavy atom. The molecule has 138 valence electrons. The standard InChI is InChI=1S/C21H26N2O3/c1-15(16-9-11-17(25-5)12-10-16)23-19(18-8-6-7-13-22-18)14-20(24)26-21(2,3)4/h6-15,23H,1-5H3/b19-14-/t15-/m1/s1. The van der Waals surface area contributed by atoms with Crippen LogP contribution < -0.4 is 10.1 Å². The van der Waals surface area contributed by atoms with Crippen molar-refractivity contribution < 1.29 is 14.3 Å². The molecule has 0 radical (unpaired) electrons. The van der Waals surface area contributed by atoms with E-state index in [4.69, 9.17) is 9.47 Å². The molecule has 26 heavy (non-hydrogen) atoms. The molecule has 1 N–H and O–H groups in total. The Balaban J connectivity index is 2.24.